The van der Waals surface area contributed by atoms with E-state index in [4.69, 9.17) is 4.74 Å². The maximum atomic E-state index is 13.4. The van der Waals surface area contributed by atoms with E-state index in [1.165, 1.54) is 12.1 Å². The molecule has 6 nitrogen and oxygen atoms in total. The number of hydrogen-bond donors (Lipinski definition) is 2. The number of likely N-dealkylation sites (tertiary alicyclic amines) is 1. The summed E-state index contributed by atoms with van der Waals surface area (Å²) in [6.45, 7) is 3.57. The summed E-state index contributed by atoms with van der Waals surface area (Å²) in [5, 5.41) is 5.68. The number of amides is 3. The van der Waals surface area contributed by atoms with Gasteiger partial charge in [-0.2, -0.15) is 0 Å². The molecule has 1 aliphatic rings. The molecule has 0 unspecified atom stereocenters. The summed E-state index contributed by atoms with van der Waals surface area (Å²) in [6, 6.07) is 5.92. The lowest BCUT2D eigenvalue weighted by molar-refractivity contribution is -0.134. The SMILES string of the molecule is CCCNC(=O)NC1CCN(C(=O)COc2ccccc2F)CC1. The topological polar surface area (TPSA) is 70.7 Å². The fourth-order valence-corrected chi connectivity index (χ4v) is 2.54. The van der Waals surface area contributed by atoms with Crippen LogP contribution in [0.3, 0.4) is 0 Å². The van der Waals surface area contributed by atoms with Gasteiger partial charge in [0.15, 0.2) is 18.2 Å². The first-order valence-electron chi connectivity index (χ1n) is 8.29. The second kappa shape index (κ2) is 9.10. The van der Waals surface area contributed by atoms with Crippen LogP contribution in [-0.2, 0) is 4.79 Å². The average Bonchev–Trinajstić information content (AvgIpc) is 2.59. The average molecular weight is 337 g/mol. The van der Waals surface area contributed by atoms with Crippen LogP contribution in [0.2, 0.25) is 0 Å². The van der Waals surface area contributed by atoms with Crippen LogP contribution in [0.1, 0.15) is 26.2 Å². The molecular weight excluding hydrogens is 313 g/mol. The fraction of sp³-hybridized carbons (Fsp3) is 0.529. The number of hydrogen-bond acceptors (Lipinski definition) is 3. The van der Waals surface area contributed by atoms with E-state index in [0.29, 0.717) is 32.5 Å². The molecule has 24 heavy (non-hydrogen) atoms. The van der Waals surface area contributed by atoms with E-state index < -0.39 is 5.82 Å². The maximum Gasteiger partial charge on any atom is 0.315 e. The van der Waals surface area contributed by atoms with E-state index in [9.17, 15) is 14.0 Å². The number of ether oxygens (including phenoxy) is 1. The Kier molecular flexibility index (Phi) is 6.84. The number of piperidine rings is 1. The van der Waals surface area contributed by atoms with Gasteiger partial charge in [-0.25, -0.2) is 9.18 Å². The summed E-state index contributed by atoms with van der Waals surface area (Å²) >= 11 is 0. The van der Waals surface area contributed by atoms with Crippen LogP contribution in [0.4, 0.5) is 9.18 Å². The van der Waals surface area contributed by atoms with Crippen molar-refractivity contribution in [3.05, 3.63) is 30.1 Å². The van der Waals surface area contributed by atoms with E-state index in [1.807, 2.05) is 6.92 Å². The Bertz CT molecular complexity index is 560. The molecule has 0 atom stereocenters. The first-order chi connectivity index (χ1) is 11.6. The molecule has 1 saturated heterocycles. The molecule has 0 aliphatic carbocycles. The minimum Gasteiger partial charge on any atom is -0.481 e. The first kappa shape index (κ1) is 18.0. The molecule has 132 valence electrons. The van der Waals surface area contributed by atoms with Gasteiger partial charge < -0.3 is 20.3 Å². The first-order valence-corrected chi connectivity index (χ1v) is 8.29. The number of para-hydroxylation sites is 1. The minimum atomic E-state index is -0.480. The van der Waals surface area contributed by atoms with Gasteiger partial charge in [-0.1, -0.05) is 19.1 Å². The number of halogens is 1. The third-order valence-corrected chi connectivity index (χ3v) is 3.91. The van der Waals surface area contributed by atoms with Crippen LogP contribution in [-0.4, -0.2) is 49.1 Å². The summed E-state index contributed by atoms with van der Waals surface area (Å²) in [6.07, 6.45) is 2.29. The molecule has 0 saturated carbocycles. The van der Waals surface area contributed by atoms with Crippen molar-refractivity contribution in [3.8, 4) is 5.75 Å². The largest absolute Gasteiger partial charge is 0.481 e. The summed E-state index contributed by atoms with van der Waals surface area (Å²) < 4.78 is 18.7. The highest BCUT2D eigenvalue weighted by Gasteiger charge is 2.24. The molecule has 0 radical (unpaired) electrons. The molecule has 1 aromatic rings. The molecule has 3 amide bonds. The maximum absolute atomic E-state index is 13.4. The summed E-state index contributed by atoms with van der Waals surface area (Å²) in [7, 11) is 0. The van der Waals surface area contributed by atoms with Crippen LogP contribution < -0.4 is 15.4 Å². The van der Waals surface area contributed by atoms with Gasteiger partial charge in [-0.15, -0.1) is 0 Å². The van der Waals surface area contributed by atoms with Crippen LogP contribution >= 0.6 is 0 Å². The molecule has 7 heteroatoms. The highest BCUT2D eigenvalue weighted by Crippen LogP contribution is 2.16. The van der Waals surface area contributed by atoms with Crippen LogP contribution in [0, 0.1) is 5.82 Å². The third-order valence-electron chi connectivity index (χ3n) is 3.91. The fourth-order valence-electron chi connectivity index (χ4n) is 2.54. The van der Waals surface area contributed by atoms with Crippen molar-refractivity contribution in [2.75, 3.05) is 26.2 Å². The molecule has 0 bridgehead atoms. The minimum absolute atomic E-state index is 0.0680. The number of rotatable bonds is 6. The molecule has 2 rings (SSSR count). The summed E-state index contributed by atoms with van der Waals surface area (Å²) in [5.74, 6) is -0.576. The van der Waals surface area contributed by atoms with E-state index in [-0.39, 0.29) is 30.3 Å². The zero-order chi connectivity index (χ0) is 17.4. The van der Waals surface area contributed by atoms with E-state index >= 15 is 0 Å². The van der Waals surface area contributed by atoms with Gasteiger partial charge in [-0.3, -0.25) is 4.79 Å². The molecule has 0 aromatic heterocycles. The highest BCUT2D eigenvalue weighted by atomic mass is 19.1. The van der Waals surface area contributed by atoms with E-state index in [2.05, 4.69) is 10.6 Å². The van der Waals surface area contributed by atoms with Gasteiger partial charge in [0.2, 0.25) is 0 Å². The summed E-state index contributed by atoms with van der Waals surface area (Å²) in [4.78, 5) is 25.4. The number of nitrogens with zero attached hydrogens (tertiary/aromatic N) is 1. The zero-order valence-corrected chi connectivity index (χ0v) is 13.9. The Hall–Kier alpha value is -2.31. The van der Waals surface area contributed by atoms with E-state index in [1.54, 1.807) is 17.0 Å². The Morgan fingerprint density at radius 1 is 1.29 bits per heavy atom. The predicted molar refractivity (Wildman–Crippen MR) is 88.3 cm³/mol. The molecule has 1 heterocycles. The number of benzene rings is 1. The lowest BCUT2D eigenvalue weighted by atomic mass is 10.1. The quantitative estimate of drug-likeness (QED) is 0.833. The van der Waals surface area contributed by atoms with Gasteiger partial charge in [0.25, 0.3) is 5.91 Å². The normalized spacial score (nSPS) is 15.0. The number of nitrogens with one attached hydrogen (secondary N) is 2. The van der Waals surface area contributed by atoms with Crippen molar-refractivity contribution < 1.29 is 18.7 Å². The van der Waals surface area contributed by atoms with Crippen LogP contribution in [0.25, 0.3) is 0 Å². The molecule has 2 N–H and O–H groups in total. The number of urea groups is 1. The monoisotopic (exact) mass is 337 g/mol. The molecule has 1 fully saturated rings. The smallest absolute Gasteiger partial charge is 0.315 e. The third kappa shape index (κ3) is 5.40. The van der Waals surface area contributed by atoms with Gasteiger partial charge in [0, 0.05) is 25.7 Å². The Labute approximate surface area is 141 Å². The lowest BCUT2D eigenvalue weighted by Crippen LogP contribution is -2.49. The lowest BCUT2D eigenvalue weighted by Gasteiger charge is -2.32. The highest BCUT2D eigenvalue weighted by molar-refractivity contribution is 5.78. The Balaban J connectivity index is 1.71. The Morgan fingerprint density at radius 2 is 2.00 bits per heavy atom. The van der Waals surface area contributed by atoms with Crippen molar-refractivity contribution in [3.63, 3.8) is 0 Å². The molecular formula is C17H24FN3O3. The molecule has 0 spiro atoms. The van der Waals surface area contributed by atoms with Crippen molar-refractivity contribution in [2.24, 2.45) is 0 Å². The van der Waals surface area contributed by atoms with Gasteiger partial charge in [0.05, 0.1) is 0 Å². The van der Waals surface area contributed by atoms with Crippen molar-refractivity contribution in [1.29, 1.82) is 0 Å². The second-order valence-electron chi connectivity index (χ2n) is 5.77. The molecule has 1 aliphatic heterocycles. The Morgan fingerprint density at radius 3 is 2.67 bits per heavy atom. The van der Waals surface area contributed by atoms with Crippen molar-refractivity contribution in [1.82, 2.24) is 15.5 Å². The second-order valence-corrected chi connectivity index (χ2v) is 5.77. The van der Waals surface area contributed by atoms with Gasteiger partial charge >= 0.3 is 6.03 Å². The van der Waals surface area contributed by atoms with Gasteiger partial charge in [-0.05, 0) is 31.4 Å². The molecule has 1 aromatic carbocycles. The zero-order valence-electron chi connectivity index (χ0n) is 13.9. The predicted octanol–water partition coefficient (Wildman–Crippen LogP) is 1.90. The van der Waals surface area contributed by atoms with E-state index in [0.717, 1.165) is 6.42 Å². The summed E-state index contributed by atoms with van der Waals surface area (Å²) in [5.41, 5.74) is 0. The van der Waals surface area contributed by atoms with Crippen molar-refractivity contribution >= 4 is 11.9 Å². The van der Waals surface area contributed by atoms with Crippen LogP contribution in [0.5, 0.6) is 5.75 Å². The standard InChI is InChI=1S/C17H24FN3O3/c1-2-9-19-17(23)20-13-7-10-21(11-8-13)16(22)12-24-15-6-4-3-5-14(15)18/h3-6,13H,2,7-12H2,1H3,(H2,19,20,23). The van der Waals surface area contributed by atoms with Crippen LogP contribution in [0.15, 0.2) is 24.3 Å². The number of carbonyl (C=O) groups is 2. The van der Waals surface area contributed by atoms with Gasteiger partial charge in [0.1, 0.15) is 0 Å². The number of carbonyl (C=O) groups excluding carboxylic acids is 2. The van der Waals surface area contributed by atoms with Crippen molar-refractivity contribution in [2.45, 2.75) is 32.2 Å².